The zero-order chi connectivity index (χ0) is 24.0. The van der Waals surface area contributed by atoms with E-state index in [-0.39, 0.29) is 11.3 Å². The molecule has 1 aliphatic rings. The maximum atomic E-state index is 13.3. The molecule has 2 heterocycles. The number of hydrogen-bond donors (Lipinski definition) is 1. The Morgan fingerprint density at radius 3 is 2.47 bits per heavy atom. The Morgan fingerprint density at radius 2 is 1.79 bits per heavy atom. The molecule has 0 saturated carbocycles. The third-order valence-corrected chi connectivity index (χ3v) is 7.34. The van der Waals surface area contributed by atoms with Gasteiger partial charge in [0.05, 0.1) is 28.9 Å². The second-order valence-electron chi connectivity index (χ2n) is 7.56. The van der Waals surface area contributed by atoms with Gasteiger partial charge in [-0.2, -0.15) is 0 Å². The molecule has 9 heteroatoms. The lowest BCUT2D eigenvalue weighted by molar-refractivity contribution is -0.132. The Bertz CT molecular complexity index is 1460. The molecule has 1 N–H and O–H groups in total. The van der Waals surface area contributed by atoms with Gasteiger partial charge in [0.2, 0.25) is 0 Å². The average Bonchev–Trinajstić information content (AvgIpc) is 3.37. The van der Waals surface area contributed by atoms with Crippen LogP contribution in [0.3, 0.4) is 0 Å². The number of methoxy groups -OCH3 is 1. The van der Waals surface area contributed by atoms with Gasteiger partial charge in [-0.15, -0.1) is 0 Å². The standard InChI is InChI=1S/C25H16BrClN2O4S/c1-33-17-10-11-18-19(12-17)34-25(28-18)29-21(13-2-6-15(26)7-3-13)20(23(31)24(29)32)22(30)14-4-8-16(27)9-5-14/h2-12,21,30H,1H3/b22-20+/t21-/m0/s1. The number of aromatic nitrogens is 1. The highest BCUT2D eigenvalue weighted by Crippen LogP contribution is 2.44. The van der Waals surface area contributed by atoms with Gasteiger partial charge >= 0.3 is 5.91 Å². The summed E-state index contributed by atoms with van der Waals surface area (Å²) < 4.78 is 6.95. The summed E-state index contributed by atoms with van der Waals surface area (Å²) >= 11 is 10.7. The number of carbonyl (C=O) groups excluding carboxylic acids is 2. The number of carbonyl (C=O) groups is 2. The first-order valence-corrected chi connectivity index (χ1v) is 12.1. The summed E-state index contributed by atoms with van der Waals surface area (Å²) in [4.78, 5) is 32.5. The number of nitrogens with zero attached hydrogens (tertiary/aromatic N) is 2. The van der Waals surface area contributed by atoms with E-state index in [2.05, 4.69) is 20.9 Å². The highest BCUT2D eigenvalue weighted by atomic mass is 79.9. The molecule has 1 fully saturated rings. The molecular formula is C25H16BrClN2O4S. The van der Waals surface area contributed by atoms with Crippen LogP contribution < -0.4 is 9.64 Å². The summed E-state index contributed by atoms with van der Waals surface area (Å²) in [5, 5.41) is 12.0. The lowest BCUT2D eigenvalue weighted by Crippen LogP contribution is -2.29. The minimum absolute atomic E-state index is 0.00789. The van der Waals surface area contributed by atoms with E-state index < -0.39 is 17.7 Å². The van der Waals surface area contributed by atoms with Crippen molar-refractivity contribution in [2.45, 2.75) is 6.04 Å². The molecule has 6 nitrogen and oxygen atoms in total. The van der Waals surface area contributed by atoms with Crippen molar-refractivity contribution in [2.75, 3.05) is 12.0 Å². The number of amides is 1. The monoisotopic (exact) mass is 554 g/mol. The highest BCUT2D eigenvalue weighted by molar-refractivity contribution is 9.10. The van der Waals surface area contributed by atoms with Gasteiger partial charge in [0.15, 0.2) is 5.13 Å². The van der Waals surface area contributed by atoms with Crippen LogP contribution in [0.1, 0.15) is 17.2 Å². The predicted molar refractivity (Wildman–Crippen MR) is 137 cm³/mol. The first kappa shape index (κ1) is 22.6. The van der Waals surface area contributed by atoms with Crippen LogP contribution in [-0.2, 0) is 9.59 Å². The lowest BCUT2D eigenvalue weighted by atomic mass is 9.95. The largest absolute Gasteiger partial charge is 0.507 e. The van der Waals surface area contributed by atoms with E-state index in [1.54, 1.807) is 55.6 Å². The zero-order valence-corrected chi connectivity index (χ0v) is 20.8. The van der Waals surface area contributed by atoms with Crippen molar-refractivity contribution in [3.8, 4) is 5.75 Å². The maximum absolute atomic E-state index is 13.3. The second-order valence-corrected chi connectivity index (χ2v) is 9.92. The van der Waals surface area contributed by atoms with Gasteiger partial charge in [-0.3, -0.25) is 14.5 Å². The molecule has 1 saturated heterocycles. The van der Waals surface area contributed by atoms with E-state index in [0.29, 0.717) is 32.5 Å². The fourth-order valence-electron chi connectivity index (χ4n) is 3.88. The van der Waals surface area contributed by atoms with Gasteiger partial charge in [-0.05, 0) is 60.2 Å². The minimum Gasteiger partial charge on any atom is -0.507 e. The number of ether oxygens (including phenoxy) is 1. The fourth-order valence-corrected chi connectivity index (χ4v) is 5.29. The number of Topliss-reactive ketones (excluding diaryl/α,β-unsaturated/α-hetero) is 1. The third-order valence-electron chi connectivity index (χ3n) is 5.54. The van der Waals surface area contributed by atoms with Crippen LogP contribution >= 0.6 is 38.9 Å². The topological polar surface area (TPSA) is 79.7 Å². The van der Waals surface area contributed by atoms with Gasteiger partial charge < -0.3 is 9.84 Å². The molecular weight excluding hydrogens is 540 g/mol. The van der Waals surface area contributed by atoms with Crippen molar-refractivity contribution < 1.29 is 19.4 Å². The lowest BCUT2D eigenvalue weighted by Gasteiger charge is -2.23. The molecule has 170 valence electrons. The number of anilines is 1. The molecule has 4 aromatic rings. The smallest absolute Gasteiger partial charge is 0.301 e. The summed E-state index contributed by atoms with van der Waals surface area (Å²) in [5.41, 5.74) is 1.72. The Kier molecular flexibility index (Phi) is 5.89. The van der Waals surface area contributed by atoms with Crippen LogP contribution in [0.25, 0.3) is 16.0 Å². The van der Waals surface area contributed by atoms with Crippen LogP contribution in [0.5, 0.6) is 5.75 Å². The van der Waals surface area contributed by atoms with Crippen molar-refractivity contribution in [2.24, 2.45) is 0 Å². The van der Waals surface area contributed by atoms with Crippen molar-refractivity contribution >= 4 is 71.7 Å². The van der Waals surface area contributed by atoms with E-state index in [1.165, 1.54) is 16.2 Å². The summed E-state index contributed by atoms with van der Waals surface area (Å²) in [6.07, 6.45) is 0. The molecule has 0 aliphatic carbocycles. The van der Waals surface area contributed by atoms with E-state index >= 15 is 0 Å². The normalized spacial score (nSPS) is 17.5. The van der Waals surface area contributed by atoms with Gasteiger partial charge in [0.25, 0.3) is 5.78 Å². The number of fused-ring (bicyclic) bond motifs is 1. The number of aliphatic hydroxyl groups excluding tert-OH is 1. The molecule has 1 aromatic heterocycles. The van der Waals surface area contributed by atoms with Crippen molar-refractivity contribution in [3.05, 3.63) is 92.9 Å². The Balaban J connectivity index is 1.71. The SMILES string of the molecule is COc1ccc2nc(N3C(=O)C(=O)/C(=C(/O)c4ccc(Cl)cc4)[C@@H]3c3ccc(Br)cc3)sc2c1. The van der Waals surface area contributed by atoms with E-state index in [0.717, 1.165) is 9.17 Å². The quantitative estimate of drug-likeness (QED) is 0.180. The number of halogens is 2. The molecule has 3 aromatic carbocycles. The molecule has 0 bridgehead atoms. The number of rotatable bonds is 4. The van der Waals surface area contributed by atoms with E-state index in [1.807, 2.05) is 18.2 Å². The molecule has 0 unspecified atom stereocenters. The van der Waals surface area contributed by atoms with E-state index in [9.17, 15) is 14.7 Å². The Labute approximate surface area is 212 Å². The number of ketones is 1. The van der Waals surface area contributed by atoms with Crippen molar-refractivity contribution in [3.63, 3.8) is 0 Å². The summed E-state index contributed by atoms with van der Waals surface area (Å²) in [5.74, 6) is -1.14. The first-order chi connectivity index (χ1) is 16.4. The molecule has 0 spiro atoms. The van der Waals surface area contributed by atoms with E-state index in [4.69, 9.17) is 16.3 Å². The van der Waals surface area contributed by atoms with Crippen LogP contribution in [0.4, 0.5) is 5.13 Å². The van der Waals surface area contributed by atoms with Crippen molar-refractivity contribution in [1.29, 1.82) is 0 Å². The third kappa shape index (κ3) is 3.87. The van der Waals surface area contributed by atoms with Crippen LogP contribution in [0.15, 0.2) is 76.8 Å². The van der Waals surface area contributed by atoms with Gasteiger partial charge in [0.1, 0.15) is 11.5 Å². The molecule has 5 rings (SSSR count). The molecule has 34 heavy (non-hydrogen) atoms. The number of aliphatic hydroxyl groups is 1. The average molecular weight is 556 g/mol. The van der Waals surface area contributed by atoms with Gasteiger partial charge in [0, 0.05) is 15.1 Å². The minimum atomic E-state index is -0.855. The second kappa shape index (κ2) is 8.87. The van der Waals surface area contributed by atoms with Crippen LogP contribution in [0, 0.1) is 0 Å². The highest BCUT2D eigenvalue weighted by Gasteiger charge is 2.48. The summed E-state index contributed by atoms with van der Waals surface area (Å²) in [6.45, 7) is 0. The van der Waals surface area contributed by atoms with Crippen LogP contribution in [0.2, 0.25) is 5.02 Å². The molecule has 1 amide bonds. The predicted octanol–water partition coefficient (Wildman–Crippen LogP) is 6.35. The summed E-state index contributed by atoms with van der Waals surface area (Å²) in [7, 11) is 1.58. The zero-order valence-electron chi connectivity index (χ0n) is 17.7. The van der Waals surface area contributed by atoms with Crippen LogP contribution in [-0.4, -0.2) is 28.9 Å². The number of benzene rings is 3. The maximum Gasteiger partial charge on any atom is 0.301 e. The van der Waals surface area contributed by atoms with Gasteiger partial charge in [-0.1, -0.05) is 51.0 Å². The van der Waals surface area contributed by atoms with Crippen molar-refractivity contribution in [1.82, 2.24) is 4.98 Å². The molecule has 0 radical (unpaired) electrons. The first-order valence-electron chi connectivity index (χ1n) is 10.1. The Morgan fingerprint density at radius 1 is 1.09 bits per heavy atom. The van der Waals surface area contributed by atoms with Gasteiger partial charge in [-0.25, -0.2) is 4.98 Å². The molecule has 1 aliphatic heterocycles. The number of thiazole rings is 1. The summed E-state index contributed by atoms with van der Waals surface area (Å²) in [6, 6.07) is 18.2. The Hall–Kier alpha value is -3.20. The fraction of sp³-hybridized carbons (Fsp3) is 0.0800. The molecule has 1 atom stereocenters. The number of hydrogen-bond acceptors (Lipinski definition) is 6.